The SMILES string of the molecule is COc1ccccc1CC(C)(C)N. The van der Waals surface area contributed by atoms with Gasteiger partial charge in [0.2, 0.25) is 0 Å². The van der Waals surface area contributed by atoms with Crippen LogP contribution in [-0.2, 0) is 6.42 Å². The summed E-state index contributed by atoms with van der Waals surface area (Å²) in [4.78, 5) is 0. The minimum atomic E-state index is -0.186. The molecule has 0 aliphatic rings. The first-order valence-electron chi connectivity index (χ1n) is 4.44. The van der Waals surface area contributed by atoms with Crippen LogP contribution in [0.15, 0.2) is 24.3 Å². The molecule has 0 atom stereocenters. The molecule has 2 heteroatoms. The highest BCUT2D eigenvalue weighted by Crippen LogP contribution is 2.21. The molecule has 0 unspecified atom stereocenters. The molecule has 2 nitrogen and oxygen atoms in total. The van der Waals surface area contributed by atoms with Crippen LogP contribution in [0.2, 0.25) is 0 Å². The number of benzene rings is 1. The summed E-state index contributed by atoms with van der Waals surface area (Å²) in [5.74, 6) is 0.918. The van der Waals surface area contributed by atoms with E-state index < -0.39 is 0 Å². The van der Waals surface area contributed by atoms with E-state index in [9.17, 15) is 0 Å². The third kappa shape index (κ3) is 3.07. The van der Waals surface area contributed by atoms with E-state index in [0.717, 1.165) is 17.7 Å². The van der Waals surface area contributed by atoms with Crippen molar-refractivity contribution in [3.05, 3.63) is 29.8 Å². The minimum absolute atomic E-state index is 0.186. The largest absolute Gasteiger partial charge is 0.496 e. The first kappa shape index (κ1) is 10.1. The number of rotatable bonds is 3. The second-order valence-electron chi connectivity index (χ2n) is 3.98. The van der Waals surface area contributed by atoms with Crippen LogP contribution < -0.4 is 10.5 Å². The number of nitrogens with two attached hydrogens (primary N) is 1. The first-order chi connectivity index (χ1) is 6.03. The maximum atomic E-state index is 5.94. The molecule has 0 saturated heterocycles. The van der Waals surface area contributed by atoms with Gasteiger partial charge in [0, 0.05) is 5.54 Å². The molecule has 0 aliphatic heterocycles. The summed E-state index contributed by atoms with van der Waals surface area (Å²) in [7, 11) is 1.68. The Morgan fingerprint density at radius 3 is 2.46 bits per heavy atom. The lowest BCUT2D eigenvalue weighted by molar-refractivity contribution is 0.402. The molecular formula is C11H17NO. The molecule has 0 aromatic heterocycles. The molecule has 0 fully saturated rings. The van der Waals surface area contributed by atoms with Gasteiger partial charge < -0.3 is 10.5 Å². The lowest BCUT2D eigenvalue weighted by Crippen LogP contribution is -2.34. The van der Waals surface area contributed by atoms with E-state index in [2.05, 4.69) is 0 Å². The minimum Gasteiger partial charge on any atom is -0.496 e. The Morgan fingerprint density at radius 2 is 1.92 bits per heavy atom. The highest BCUT2D eigenvalue weighted by molar-refractivity contribution is 5.34. The van der Waals surface area contributed by atoms with Gasteiger partial charge in [-0.15, -0.1) is 0 Å². The summed E-state index contributed by atoms with van der Waals surface area (Å²) in [6, 6.07) is 7.98. The molecule has 1 aromatic rings. The fourth-order valence-electron chi connectivity index (χ4n) is 1.34. The highest BCUT2D eigenvalue weighted by Gasteiger charge is 2.13. The standard InChI is InChI=1S/C11H17NO/c1-11(2,12)8-9-6-4-5-7-10(9)13-3/h4-7H,8,12H2,1-3H3. The van der Waals surface area contributed by atoms with Crippen molar-refractivity contribution in [1.82, 2.24) is 0 Å². The van der Waals surface area contributed by atoms with E-state index >= 15 is 0 Å². The van der Waals surface area contributed by atoms with Crippen molar-refractivity contribution < 1.29 is 4.74 Å². The summed E-state index contributed by atoms with van der Waals surface area (Å²) in [5.41, 5.74) is 6.91. The van der Waals surface area contributed by atoms with Gasteiger partial charge in [-0.2, -0.15) is 0 Å². The average Bonchev–Trinajstić information content (AvgIpc) is 2.02. The Kier molecular flexibility index (Phi) is 2.94. The van der Waals surface area contributed by atoms with Gasteiger partial charge >= 0.3 is 0 Å². The van der Waals surface area contributed by atoms with Gasteiger partial charge in [-0.3, -0.25) is 0 Å². The number of hydrogen-bond acceptors (Lipinski definition) is 2. The van der Waals surface area contributed by atoms with Crippen molar-refractivity contribution in [2.45, 2.75) is 25.8 Å². The van der Waals surface area contributed by atoms with Crippen LogP contribution in [0.4, 0.5) is 0 Å². The summed E-state index contributed by atoms with van der Waals surface area (Å²) >= 11 is 0. The zero-order valence-electron chi connectivity index (χ0n) is 8.50. The van der Waals surface area contributed by atoms with Crippen LogP contribution in [0.5, 0.6) is 5.75 Å². The Balaban J connectivity index is 2.87. The molecule has 0 radical (unpaired) electrons. The van der Waals surface area contributed by atoms with Gasteiger partial charge in [-0.1, -0.05) is 18.2 Å². The monoisotopic (exact) mass is 179 g/mol. The Bertz CT molecular complexity index is 276. The van der Waals surface area contributed by atoms with Crippen molar-refractivity contribution in [3.8, 4) is 5.75 Å². The quantitative estimate of drug-likeness (QED) is 0.770. The lowest BCUT2D eigenvalue weighted by atomic mass is 9.96. The molecule has 13 heavy (non-hydrogen) atoms. The second-order valence-corrected chi connectivity index (χ2v) is 3.98. The van der Waals surface area contributed by atoms with E-state index in [1.165, 1.54) is 0 Å². The van der Waals surface area contributed by atoms with Crippen LogP contribution in [0.25, 0.3) is 0 Å². The Hall–Kier alpha value is -1.02. The van der Waals surface area contributed by atoms with Crippen LogP contribution in [0.1, 0.15) is 19.4 Å². The normalized spacial score (nSPS) is 11.4. The zero-order valence-corrected chi connectivity index (χ0v) is 8.50. The molecule has 0 aliphatic carbocycles. The number of hydrogen-bond donors (Lipinski definition) is 1. The maximum absolute atomic E-state index is 5.94. The van der Waals surface area contributed by atoms with Crippen LogP contribution in [-0.4, -0.2) is 12.6 Å². The molecule has 0 saturated carbocycles. The Labute approximate surface area is 79.7 Å². The molecule has 1 rings (SSSR count). The topological polar surface area (TPSA) is 35.2 Å². The van der Waals surface area contributed by atoms with Crippen molar-refractivity contribution in [2.75, 3.05) is 7.11 Å². The average molecular weight is 179 g/mol. The van der Waals surface area contributed by atoms with Crippen molar-refractivity contribution in [1.29, 1.82) is 0 Å². The van der Waals surface area contributed by atoms with Gasteiger partial charge in [-0.25, -0.2) is 0 Å². The van der Waals surface area contributed by atoms with Crippen molar-refractivity contribution >= 4 is 0 Å². The van der Waals surface area contributed by atoms with E-state index in [4.69, 9.17) is 10.5 Å². The van der Waals surface area contributed by atoms with Gasteiger partial charge in [0.15, 0.2) is 0 Å². The van der Waals surface area contributed by atoms with Gasteiger partial charge in [-0.05, 0) is 31.9 Å². The first-order valence-corrected chi connectivity index (χ1v) is 4.44. The van der Waals surface area contributed by atoms with Gasteiger partial charge in [0.05, 0.1) is 7.11 Å². The predicted octanol–water partition coefficient (Wildman–Crippen LogP) is 1.98. The zero-order chi connectivity index (χ0) is 9.90. The summed E-state index contributed by atoms with van der Waals surface area (Å²) in [6.45, 7) is 4.03. The summed E-state index contributed by atoms with van der Waals surface area (Å²) < 4.78 is 5.24. The third-order valence-electron chi connectivity index (χ3n) is 1.84. The van der Waals surface area contributed by atoms with Crippen LogP contribution in [0, 0.1) is 0 Å². The summed E-state index contributed by atoms with van der Waals surface area (Å²) in [6.07, 6.45) is 0.830. The lowest BCUT2D eigenvalue weighted by Gasteiger charge is -2.19. The molecule has 72 valence electrons. The fourth-order valence-corrected chi connectivity index (χ4v) is 1.34. The van der Waals surface area contributed by atoms with E-state index in [1.54, 1.807) is 7.11 Å². The van der Waals surface area contributed by atoms with Crippen LogP contribution in [0.3, 0.4) is 0 Å². The molecule has 0 bridgehead atoms. The molecule has 2 N–H and O–H groups in total. The van der Waals surface area contributed by atoms with E-state index in [0.29, 0.717) is 0 Å². The highest BCUT2D eigenvalue weighted by atomic mass is 16.5. The second kappa shape index (κ2) is 3.79. The molecule has 1 aromatic carbocycles. The van der Waals surface area contributed by atoms with Crippen LogP contribution >= 0.6 is 0 Å². The van der Waals surface area contributed by atoms with E-state index in [1.807, 2.05) is 38.1 Å². The molecular weight excluding hydrogens is 162 g/mol. The molecule has 0 amide bonds. The number of methoxy groups -OCH3 is 1. The summed E-state index contributed by atoms with van der Waals surface area (Å²) in [5, 5.41) is 0. The van der Waals surface area contributed by atoms with Crippen molar-refractivity contribution in [2.24, 2.45) is 5.73 Å². The smallest absolute Gasteiger partial charge is 0.122 e. The molecule has 0 heterocycles. The van der Waals surface area contributed by atoms with Gasteiger partial charge in [0.25, 0.3) is 0 Å². The Morgan fingerprint density at radius 1 is 1.31 bits per heavy atom. The molecule has 0 spiro atoms. The fraction of sp³-hybridized carbons (Fsp3) is 0.455. The third-order valence-corrected chi connectivity index (χ3v) is 1.84. The number of para-hydroxylation sites is 1. The predicted molar refractivity (Wildman–Crippen MR) is 55.0 cm³/mol. The van der Waals surface area contributed by atoms with E-state index in [-0.39, 0.29) is 5.54 Å². The number of ether oxygens (including phenoxy) is 1. The van der Waals surface area contributed by atoms with Gasteiger partial charge in [0.1, 0.15) is 5.75 Å². The van der Waals surface area contributed by atoms with Crippen molar-refractivity contribution in [3.63, 3.8) is 0 Å². The maximum Gasteiger partial charge on any atom is 0.122 e.